The highest BCUT2D eigenvalue weighted by atomic mass is 32.2. The molecule has 5 heteroatoms. The highest BCUT2D eigenvalue weighted by Crippen LogP contribution is 2.71. The standard InChI is InChI=1S/C40H61NO3S/c1-22-9-14-40(43-21-22)25(4)35-34(44-40)18-33-31-8-7-29-17-30(10-12-37(29,5)32(31)11-13-38(33,35)6)45-36(42)41-39-19-27-15-26(24(39)3)16-28(20-39)23(27)2/h7,22-28,30-35H,8-21H2,1-6H3,(H,41,42)/t22-,23?,24?,25+,26?,27?,28?,30+,31-,32+,33+,34+,35+,37+,38+,39?,40-/m1/s1. The first-order valence-electron chi connectivity index (χ1n) is 19.4. The maximum Gasteiger partial charge on any atom is 0.279 e. The van der Waals surface area contributed by atoms with E-state index in [0.29, 0.717) is 45.9 Å². The molecule has 0 aromatic carbocycles. The molecule has 1 N–H and O–H groups in total. The molecule has 0 radical (unpaired) electrons. The van der Waals surface area contributed by atoms with Gasteiger partial charge in [0.15, 0.2) is 5.79 Å². The summed E-state index contributed by atoms with van der Waals surface area (Å²) in [5.74, 6) is 7.81. The zero-order chi connectivity index (χ0) is 31.1. The lowest BCUT2D eigenvalue weighted by Gasteiger charge is -2.63. The first-order valence-corrected chi connectivity index (χ1v) is 20.3. The van der Waals surface area contributed by atoms with Crippen molar-refractivity contribution in [1.82, 2.24) is 5.32 Å². The zero-order valence-corrected chi connectivity index (χ0v) is 29.9. The summed E-state index contributed by atoms with van der Waals surface area (Å²) in [6.45, 7) is 15.9. The quantitative estimate of drug-likeness (QED) is 0.307. The molecule has 2 aliphatic heterocycles. The Hall–Kier alpha value is -0.520. The molecule has 0 aromatic heterocycles. The van der Waals surface area contributed by atoms with Crippen LogP contribution in [0.1, 0.15) is 125 Å². The number of fused-ring (bicyclic) bond motifs is 7. The van der Waals surface area contributed by atoms with E-state index in [2.05, 4.69) is 52.9 Å². The van der Waals surface area contributed by atoms with Crippen molar-refractivity contribution in [2.45, 2.75) is 148 Å². The smallest absolute Gasteiger partial charge is 0.279 e. The van der Waals surface area contributed by atoms with Crippen LogP contribution in [0.15, 0.2) is 11.6 Å². The summed E-state index contributed by atoms with van der Waals surface area (Å²) in [6.07, 6.45) is 19.4. The molecule has 4 nitrogen and oxygen atoms in total. The van der Waals surface area contributed by atoms with Crippen molar-refractivity contribution >= 4 is 17.0 Å². The summed E-state index contributed by atoms with van der Waals surface area (Å²) < 4.78 is 13.6. The van der Waals surface area contributed by atoms with E-state index in [0.717, 1.165) is 60.9 Å². The number of nitrogens with one attached hydrogen (secondary N) is 1. The normalized spacial score (nSPS) is 59.2. The van der Waals surface area contributed by atoms with Crippen LogP contribution in [0, 0.1) is 75.9 Å². The number of carbonyl (C=O) groups is 1. The Bertz CT molecular complexity index is 1240. The minimum atomic E-state index is -0.313. The van der Waals surface area contributed by atoms with E-state index < -0.39 is 0 Å². The van der Waals surface area contributed by atoms with E-state index in [1.165, 1.54) is 70.6 Å². The van der Waals surface area contributed by atoms with Gasteiger partial charge in [-0.2, -0.15) is 0 Å². The molecule has 250 valence electrons. The first-order chi connectivity index (χ1) is 21.4. The maximum absolute atomic E-state index is 13.7. The number of ether oxygens (including phenoxy) is 2. The van der Waals surface area contributed by atoms with E-state index in [-0.39, 0.29) is 16.6 Å². The average molecular weight is 636 g/mol. The Morgan fingerprint density at radius 2 is 1.69 bits per heavy atom. The number of allylic oxidation sites excluding steroid dienone is 2. The third kappa shape index (κ3) is 4.26. The minimum Gasteiger partial charge on any atom is -0.349 e. The van der Waals surface area contributed by atoms with Gasteiger partial charge in [0, 0.05) is 23.1 Å². The lowest BCUT2D eigenvalue weighted by molar-refractivity contribution is -0.272. The number of hydrogen-bond acceptors (Lipinski definition) is 4. The van der Waals surface area contributed by atoms with Crippen LogP contribution in [-0.4, -0.2) is 34.5 Å². The van der Waals surface area contributed by atoms with Crippen LogP contribution in [0.4, 0.5) is 4.79 Å². The van der Waals surface area contributed by atoms with Gasteiger partial charge >= 0.3 is 0 Å². The molecule has 2 heterocycles. The van der Waals surface area contributed by atoms with Crippen molar-refractivity contribution in [3.63, 3.8) is 0 Å². The molecule has 0 aromatic rings. The molecule has 14 atom stereocenters. The summed E-state index contributed by atoms with van der Waals surface area (Å²) >= 11 is 1.67. The predicted octanol–water partition coefficient (Wildman–Crippen LogP) is 9.63. The van der Waals surface area contributed by atoms with Crippen molar-refractivity contribution in [1.29, 1.82) is 0 Å². The van der Waals surface area contributed by atoms with Gasteiger partial charge in [0.25, 0.3) is 5.24 Å². The molecule has 4 bridgehead atoms. The van der Waals surface area contributed by atoms with Gasteiger partial charge in [-0.05, 0) is 147 Å². The molecule has 45 heavy (non-hydrogen) atoms. The zero-order valence-electron chi connectivity index (χ0n) is 29.1. The van der Waals surface area contributed by atoms with Crippen molar-refractivity contribution in [3.05, 3.63) is 11.6 Å². The molecular weight excluding hydrogens is 575 g/mol. The van der Waals surface area contributed by atoms with Crippen LogP contribution in [0.25, 0.3) is 0 Å². The third-order valence-electron chi connectivity index (χ3n) is 17.5. The molecule has 3 unspecified atom stereocenters. The fourth-order valence-corrected chi connectivity index (χ4v) is 15.9. The van der Waals surface area contributed by atoms with E-state index in [1.807, 2.05) is 0 Å². The highest BCUT2D eigenvalue weighted by molar-refractivity contribution is 8.14. The van der Waals surface area contributed by atoms with Gasteiger partial charge in [0.1, 0.15) is 0 Å². The number of carbonyl (C=O) groups excluding carboxylic acids is 1. The lowest BCUT2D eigenvalue weighted by atomic mass is 9.46. The van der Waals surface area contributed by atoms with Crippen molar-refractivity contribution < 1.29 is 14.3 Å². The van der Waals surface area contributed by atoms with Crippen molar-refractivity contribution in [2.24, 2.45) is 75.9 Å². The van der Waals surface area contributed by atoms with E-state index >= 15 is 0 Å². The molecule has 1 spiro atoms. The second-order valence-corrected chi connectivity index (χ2v) is 20.4. The largest absolute Gasteiger partial charge is 0.349 e. The molecule has 8 aliphatic carbocycles. The molecule has 9 fully saturated rings. The van der Waals surface area contributed by atoms with Crippen molar-refractivity contribution in [2.75, 3.05) is 6.61 Å². The molecule has 10 aliphatic rings. The summed E-state index contributed by atoms with van der Waals surface area (Å²) in [4.78, 5) is 13.7. The molecule has 10 rings (SSSR count). The summed E-state index contributed by atoms with van der Waals surface area (Å²) in [5.41, 5.74) is 2.47. The molecular formula is C40H61NO3S. The van der Waals surface area contributed by atoms with E-state index in [9.17, 15) is 4.79 Å². The monoisotopic (exact) mass is 635 g/mol. The van der Waals surface area contributed by atoms with Gasteiger partial charge in [0.2, 0.25) is 0 Å². The topological polar surface area (TPSA) is 47.6 Å². The van der Waals surface area contributed by atoms with E-state index in [1.54, 1.807) is 17.3 Å². The van der Waals surface area contributed by atoms with E-state index in [4.69, 9.17) is 9.47 Å². The van der Waals surface area contributed by atoms with Gasteiger partial charge in [-0.3, -0.25) is 4.79 Å². The summed E-state index contributed by atoms with van der Waals surface area (Å²) in [6, 6.07) is 0. The Balaban J connectivity index is 0.873. The number of amides is 1. The van der Waals surface area contributed by atoms with Crippen LogP contribution in [0.3, 0.4) is 0 Å². The minimum absolute atomic E-state index is 0.0737. The van der Waals surface area contributed by atoms with Gasteiger partial charge in [-0.1, -0.05) is 65.0 Å². The fraction of sp³-hybridized carbons (Fsp3) is 0.925. The first kappa shape index (κ1) is 30.5. The van der Waals surface area contributed by atoms with Crippen LogP contribution >= 0.6 is 11.8 Å². The average Bonchev–Trinajstić information content (AvgIpc) is 3.44. The number of hydrogen-bond donors (Lipinski definition) is 1. The van der Waals surface area contributed by atoms with Gasteiger partial charge in [-0.15, -0.1) is 0 Å². The van der Waals surface area contributed by atoms with Crippen molar-refractivity contribution in [3.8, 4) is 0 Å². The van der Waals surface area contributed by atoms with Gasteiger partial charge in [-0.25, -0.2) is 0 Å². The second-order valence-electron chi connectivity index (χ2n) is 19.1. The molecule has 1 amide bonds. The van der Waals surface area contributed by atoms with Gasteiger partial charge < -0.3 is 14.8 Å². The Morgan fingerprint density at radius 1 is 0.911 bits per heavy atom. The summed E-state index contributed by atoms with van der Waals surface area (Å²) in [7, 11) is 0. The number of rotatable bonds is 2. The second kappa shape index (κ2) is 10.3. The molecule has 2 saturated heterocycles. The highest BCUT2D eigenvalue weighted by Gasteiger charge is 2.69. The van der Waals surface area contributed by atoms with Gasteiger partial charge in [0.05, 0.1) is 12.7 Å². The van der Waals surface area contributed by atoms with Crippen LogP contribution in [-0.2, 0) is 9.47 Å². The maximum atomic E-state index is 13.7. The SMILES string of the molecule is CC1C2CC3CC1CC(NC(=O)S[C@H]1CC[C@@]4(C)C(=CC[C@H]5[C@@H]6C[C@@H]7O[C@]8(CC[C@@H](C)CO8)[C@@H](C)[C@@H]7[C@@]6(C)CC[C@@H]54)C1)(C2)C3C. The molecule has 7 saturated carbocycles. The predicted molar refractivity (Wildman–Crippen MR) is 182 cm³/mol. The summed E-state index contributed by atoms with van der Waals surface area (Å²) in [5, 5.41) is 4.45. The van der Waals surface area contributed by atoms with Crippen LogP contribution < -0.4 is 5.32 Å². The Morgan fingerprint density at radius 3 is 2.42 bits per heavy atom. The van der Waals surface area contributed by atoms with Crippen LogP contribution in [0.2, 0.25) is 0 Å². The lowest BCUT2D eigenvalue weighted by Crippen LogP contribution is -2.66. The number of thioether (sulfide) groups is 1. The third-order valence-corrected chi connectivity index (χ3v) is 18.5. The van der Waals surface area contributed by atoms with Crippen LogP contribution in [0.5, 0.6) is 0 Å². The Labute approximate surface area is 277 Å². The fourth-order valence-electron chi connectivity index (χ4n) is 14.8. The Kier molecular flexibility index (Phi) is 6.96.